The Kier molecular flexibility index (Phi) is 2.42. The van der Waals surface area contributed by atoms with Gasteiger partial charge < -0.3 is 0 Å². The molecule has 0 aromatic heterocycles. The third-order valence-corrected chi connectivity index (χ3v) is 4.30. The van der Waals surface area contributed by atoms with Crippen LogP contribution in [-0.2, 0) is 0 Å². The minimum atomic E-state index is 0.507. The minimum Gasteiger partial charge on any atom is -0.295 e. The zero-order chi connectivity index (χ0) is 10.5. The fraction of sp³-hybridized carbons (Fsp3) is 1.00. The van der Waals surface area contributed by atoms with Crippen LogP contribution < -0.4 is 0 Å². The third kappa shape index (κ3) is 1.50. The van der Waals surface area contributed by atoms with E-state index in [0.717, 1.165) is 24.0 Å². The Morgan fingerprint density at radius 2 is 1.79 bits per heavy atom. The Labute approximate surface area is 88.9 Å². The zero-order valence-corrected chi connectivity index (χ0v) is 10.4. The summed E-state index contributed by atoms with van der Waals surface area (Å²) in [5.74, 6) is 0.934. The molecule has 14 heavy (non-hydrogen) atoms. The predicted molar refractivity (Wildman–Crippen MR) is 61.3 cm³/mol. The molecule has 0 amide bonds. The second-order valence-corrected chi connectivity index (χ2v) is 6.55. The van der Waals surface area contributed by atoms with Gasteiger partial charge in [-0.15, -0.1) is 0 Å². The molecule has 1 nitrogen and oxygen atoms in total. The highest BCUT2D eigenvalue weighted by Gasteiger charge is 2.50. The van der Waals surface area contributed by atoms with Gasteiger partial charge in [-0.05, 0) is 44.4 Å². The Balaban J connectivity index is 2.15. The van der Waals surface area contributed by atoms with E-state index < -0.39 is 0 Å². The van der Waals surface area contributed by atoms with Gasteiger partial charge >= 0.3 is 0 Å². The fourth-order valence-corrected chi connectivity index (χ4v) is 3.77. The van der Waals surface area contributed by atoms with Crippen molar-refractivity contribution in [1.82, 2.24) is 4.90 Å². The van der Waals surface area contributed by atoms with E-state index in [4.69, 9.17) is 0 Å². The summed E-state index contributed by atoms with van der Waals surface area (Å²) in [5.41, 5.74) is 0.507. The first kappa shape index (κ1) is 10.5. The second-order valence-electron chi connectivity index (χ2n) is 6.55. The molecule has 2 heterocycles. The van der Waals surface area contributed by atoms with Gasteiger partial charge in [0, 0.05) is 18.1 Å². The normalized spacial score (nSPS) is 38.6. The molecule has 2 saturated heterocycles. The summed E-state index contributed by atoms with van der Waals surface area (Å²) < 4.78 is 0. The second kappa shape index (κ2) is 3.23. The molecule has 1 heteroatoms. The van der Waals surface area contributed by atoms with E-state index in [2.05, 4.69) is 39.5 Å². The molecule has 3 atom stereocenters. The Bertz CT molecular complexity index is 214. The average molecular weight is 195 g/mol. The van der Waals surface area contributed by atoms with Gasteiger partial charge in [-0.2, -0.15) is 0 Å². The third-order valence-electron chi connectivity index (χ3n) is 4.30. The van der Waals surface area contributed by atoms with Crippen molar-refractivity contribution in [3.8, 4) is 0 Å². The highest BCUT2D eigenvalue weighted by Crippen LogP contribution is 2.49. The molecule has 2 rings (SSSR count). The molecule has 2 aliphatic heterocycles. The van der Waals surface area contributed by atoms with Crippen LogP contribution in [0.1, 0.15) is 53.9 Å². The molecular weight excluding hydrogens is 170 g/mol. The highest BCUT2D eigenvalue weighted by atomic mass is 15.3. The largest absolute Gasteiger partial charge is 0.295 e. The van der Waals surface area contributed by atoms with E-state index >= 15 is 0 Å². The smallest absolute Gasteiger partial charge is 0.0135 e. The van der Waals surface area contributed by atoms with Gasteiger partial charge in [-0.3, -0.25) is 4.90 Å². The Morgan fingerprint density at radius 1 is 1.14 bits per heavy atom. The van der Waals surface area contributed by atoms with Crippen LogP contribution in [0.25, 0.3) is 0 Å². The van der Waals surface area contributed by atoms with Gasteiger partial charge in [-0.25, -0.2) is 0 Å². The van der Waals surface area contributed by atoms with Gasteiger partial charge in [0.2, 0.25) is 0 Å². The van der Waals surface area contributed by atoms with Crippen molar-refractivity contribution in [2.24, 2.45) is 11.3 Å². The molecule has 0 aromatic carbocycles. The van der Waals surface area contributed by atoms with E-state index in [0.29, 0.717) is 5.41 Å². The number of hydrogen-bond acceptors (Lipinski definition) is 1. The van der Waals surface area contributed by atoms with Gasteiger partial charge in [-0.1, -0.05) is 20.8 Å². The van der Waals surface area contributed by atoms with Crippen molar-refractivity contribution in [2.45, 2.75) is 72.0 Å². The molecule has 82 valence electrons. The predicted octanol–water partition coefficient (Wildman–Crippen LogP) is 3.29. The molecule has 2 bridgehead atoms. The summed E-state index contributed by atoms with van der Waals surface area (Å²) in [4.78, 5) is 2.79. The summed E-state index contributed by atoms with van der Waals surface area (Å²) in [6.45, 7) is 12.0. The first-order valence-electron chi connectivity index (χ1n) is 6.18. The molecular formula is C13H25N. The van der Waals surface area contributed by atoms with Crippen LogP contribution in [0.3, 0.4) is 0 Å². The topological polar surface area (TPSA) is 3.24 Å². The lowest BCUT2D eigenvalue weighted by Crippen LogP contribution is -2.38. The van der Waals surface area contributed by atoms with Crippen molar-refractivity contribution in [2.75, 3.05) is 0 Å². The molecule has 0 radical (unpaired) electrons. The molecule has 0 N–H and O–H groups in total. The van der Waals surface area contributed by atoms with Crippen LogP contribution in [-0.4, -0.2) is 23.0 Å². The molecule has 2 aliphatic rings. The molecule has 0 aliphatic carbocycles. The quantitative estimate of drug-likeness (QED) is 0.620. The lowest BCUT2D eigenvalue weighted by Gasteiger charge is -2.35. The first-order chi connectivity index (χ1) is 6.41. The van der Waals surface area contributed by atoms with Crippen molar-refractivity contribution >= 4 is 0 Å². The summed E-state index contributed by atoms with van der Waals surface area (Å²) >= 11 is 0. The van der Waals surface area contributed by atoms with E-state index in [1.165, 1.54) is 19.3 Å². The van der Waals surface area contributed by atoms with Crippen LogP contribution in [0.5, 0.6) is 0 Å². The lowest BCUT2D eigenvalue weighted by molar-refractivity contribution is 0.141. The number of hydrogen-bond donors (Lipinski definition) is 0. The SMILES string of the molecule is CC(C)N1C2CCC1C(C(C)(C)C)C2. The standard InChI is InChI=1S/C13H25N/c1-9(2)14-10-6-7-12(14)11(8-10)13(3,4)5/h9-12H,6-8H2,1-5H3. The fourth-order valence-electron chi connectivity index (χ4n) is 3.77. The van der Waals surface area contributed by atoms with E-state index in [9.17, 15) is 0 Å². The van der Waals surface area contributed by atoms with E-state index in [1.807, 2.05) is 0 Å². The van der Waals surface area contributed by atoms with Crippen molar-refractivity contribution in [3.05, 3.63) is 0 Å². The number of rotatable bonds is 1. The molecule has 2 fully saturated rings. The lowest BCUT2D eigenvalue weighted by atomic mass is 9.72. The van der Waals surface area contributed by atoms with E-state index in [1.54, 1.807) is 0 Å². The van der Waals surface area contributed by atoms with Crippen molar-refractivity contribution in [3.63, 3.8) is 0 Å². The van der Waals surface area contributed by atoms with Crippen LogP contribution in [0.15, 0.2) is 0 Å². The minimum absolute atomic E-state index is 0.507. The van der Waals surface area contributed by atoms with Crippen LogP contribution in [0.2, 0.25) is 0 Å². The molecule has 3 unspecified atom stereocenters. The molecule has 0 spiro atoms. The van der Waals surface area contributed by atoms with Gasteiger partial charge in [0.25, 0.3) is 0 Å². The van der Waals surface area contributed by atoms with Crippen LogP contribution in [0, 0.1) is 11.3 Å². The van der Waals surface area contributed by atoms with Crippen LogP contribution >= 0.6 is 0 Å². The van der Waals surface area contributed by atoms with E-state index in [-0.39, 0.29) is 0 Å². The molecule has 0 saturated carbocycles. The first-order valence-corrected chi connectivity index (χ1v) is 6.18. The maximum atomic E-state index is 2.79. The van der Waals surface area contributed by atoms with Crippen LogP contribution in [0.4, 0.5) is 0 Å². The summed E-state index contributed by atoms with van der Waals surface area (Å²) in [6, 6.07) is 2.55. The van der Waals surface area contributed by atoms with Gasteiger partial charge in [0.15, 0.2) is 0 Å². The highest BCUT2D eigenvalue weighted by molar-refractivity contribution is 5.04. The zero-order valence-electron chi connectivity index (χ0n) is 10.4. The monoisotopic (exact) mass is 195 g/mol. The number of nitrogens with zero attached hydrogens (tertiary/aromatic N) is 1. The average Bonchev–Trinajstić information content (AvgIpc) is 2.57. The maximum Gasteiger partial charge on any atom is 0.0135 e. The summed E-state index contributed by atoms with van der Waals surface area (Å²) in [6.07, 6.45) is 4.35. The number of fused-ring (bicyclic) bond motifs is 2. The van der Waals surface area contributed by atoms with Crippen molar-refractivity contribution < 1.29 is 0 Å². The van der Waals surface area contributed by atoms with Gasteiger partial charge in [0.05, 0.1) is 0 Å². The van der Waals surface area contributed by atoms with Crippen molar-refractivity contribution in [1.29, 1.82) is 0 Å². The Hall–Kier alpha value is -0.0400. The summed E-state index contributed by atoms with van der Waals surface area (Å²) in [7, 11) is 0. The maximum absolute atomic E-state index is 2.79. The van der Waals surface area contributed by atoms with Gasteiger partial charge in [0.1, 0.15) is 0 Å². The molecule has 0 aromatic rings. The Morgan fingerprint density at radius 3 is 2.14 bits per heavy atom. The summed E-state index contributed by atoms with van der Waals surface area (Å²) in [5, 5.41) is 0.